The van der Waals surface area contributed by atoms with Crippen molar-refractivity contribution in [2.75, 3.05) is 10.8 Å². The van der Waals surface area contributed by atoms with Crippen molar-refractivity contribution in [3.05, 3.63) is 60.2 Å². The lowest BCUT2D eigenvalue weighted by atomic mass is 10.1. The molecule has 0 aliphatic rings. The van der Waals surface area contributed by atoms with Crippen molar-refractivity contribution in [2.45, 2.75) is 18.2 Å². The highest BCUT2D eigenvalue weighted by Gasteiger charge is 2.26. The molecule has 2 aromatic carbocycles. The number of carboxylic acids is 1. The SMILES string of the molecule is CCc1ccc(N(CC(=O)O)S(=O)(=O)c2ccccc2)cc1. The van der Waals surface area contributed by atoms with Crippen molar-refractivity contribution >= 4 is 21.7 Å². The minimum absolute atomic E-state index is 0.0656. The van der Waals surface area contributed by atoms with Crippen molar-refractivity contribution in [1.82, 2.24) is 0 Å². The molecule has 0 aromatic heterocycles. The first-order chi connectivity index (χ1) is 10.4. The van der Waals surface area contributed by atoms with Crippen LogP contribution in [0.1, 0.15) is 12.5 Å². The largest absolute Gasteiger partial charge is 0.480 e. The Hall–Kier alpha value is -2.34. The summed E-state index contributed by atoms with van der Waals surface area (Å²) in [6, 6.07) is 14.7. The van der Waals surface area contributed by atoms with Gasteiger partial charge in [0.05, 0.1) is 10.6 Å². The van der Waals surface area contributed by atoms with Crippen LogP contribution in [0.25, 0.3) is 0 Å². The molecule has 6 heteroatoms. The summed E-state index contributed by atoms with van der Waals surface area (Å²) in [6.07, 6.45) is 0.824. The first-order valence-corrected chi connectivity index (χ1v) is 8.27. The Kier molecular flexibility index (Phi) is 4.82. The zero-order valence-electron chi connectivity index (χ0n) is 12.1. The molecule has 2 aromatic rings. The van der Waals surface area contributed by atoms with Gasteiger partial charge in [-0.2, -0.15) is 0 Å². The first-order valence-electron chi connectivity index (χ1n) is 6.83. The third-order valence-corrected chi connectivity index (χ3v) is 5.03. The average molecular weight is 319 g/mol. The number of nitrogens with zero attached hydrogens (tertiary/aromatic N) is 1. The van der Waals surface area contributed by atoms with E-state index in [9.17, 15) is 13.2 Å². The fraction of sp³-hybridized carbons (Fsp3) is 0.188. The number of rotatable bonds is 6. The van der Waals surface area contributed by atoms with Gasteiger partial charge in [0.15, 0.2) is 0 Å². The van der Waals surface area contributed by atoms with Crippen molar-refractivity contribution in [3.8, 4) is 0 Å². The quantitative estimate of drug-likeness (QED) is 0.888. The van der Waals surface area contributed by atoms with E-state index in [1.54, 1.807) is 42.5 Å². The van der Waals surface area contributed by atoms with Gasteiger partial charge in [-0.25, -0.2) is 8.42 Å². The Morgan fingerprint density at radius 2 is 1.64 bits per heavy atom. The molecule has 0 fully saturated rings. The zero-order valence-corrected chi connectivity index (χ0v) is 13.0. The lowest BCUT2D eigenvalue weighted by molar-refractivity contribution is -0.135. The maximum Gasteiger partial charge on any atom is 0.324 e. The van der Waals surface area contributed by atoms with Crippen LogP contribution in [0.5, 0.6) is 0 Å². The van der Waals surface area contributed by atoms with Crippen LogP contribution in [0, 0.1) is 0 Å². The molecule has 0 amide bonds. The highest BCUT2D eigenvalue weighted by molar-refractivity contribution is 7.92. The van der Waals surface area contributed by atoms with Crippen LogP contribution in [0.3, 0.4) is 0 Å². The van der Waals surface area contributed by atoms with E-state index in [0.29, 0.717) is 5.69 Å². The van der Waals surface area contributed by atoms with Gasteiger partial charge in [0.1, 0.15) is 6.54 Å². The fourth-order valence-electron chi connectivity index (χ4n) is 2.06. The maximum atomic E-state index is 12.7. The van der Waals surface area contributed by atoms with Crippen molar-refractivity contribution in [3.63, 3.8) is 0 Å². The molecule has 0 aliphatic heterocycles. The van der Waals surface area contributed by atoms with Crippen molar-refractivity contribution in [1.29, 1.82) is 0 Å². The van der Waals surface area contributed by atoms with E-state index in [4.69, 9.17) is 5.11 Å². The highest BCUT2D eigenvalue weighted by Crippen LogP contribution is 2.24. The second-order valence-electron chi connectivity index (χ2n) is 4.74. The molecule has 0 saturated carbocycles. The van der Waals surface area contributed by atoms with Gasteiger partial charge >= 0.3 is 5.97 Å². The van der Waals surface area contributed by atoms with E-state index < -0.39 is 22.5 Å². The summed E-state index contributed by atoms with van der Waals surface area (Å²) < 4.78 is 26.3. The van der Waals surface area contributed by atoms with Crippen molar-refractivity contribution in [2.24, 2.45) is 0 Å². The molecular formula is C16H17NO4S. The molecule has 0 bridgehead atoms. The lowest BCUT2D eigenvalue weighted by Crippen LogP contribution is -2.35. The number of anilines is 1. The predicted molar refractivity (Wildman–Crippen MR) is 84.4 cm³/mol. The van der Waals surface area contributed by atoms with Crippen LogP contribution < -0.4 is 4.31 Å². The molecule has 0 spiro atoms. The zero-order chi connectivity index (χ0) is 16.2. The summed E-state index contributed by atoms with van der Waals surface area (Å²) in [4.78, 5) is 11.1. The van der Waals surface area contributed by atoms with Gasteiger partial charge in [0.25, 0.3) is 10.0 Å². The number of hydrogen-bond acceptors (Lipinski definition) is 3. The number of benzene rings is 2. The summed E-state index contributed by atoms with van der Waals surface area (Å²) in [5, 5.41) is 9.05. The molecule has 0 saturated heterocycles. The molecule has 116 valence electrons. The highest BCUT2D eigenvalue weighted by atomic mass is 32.2. The van der Waals surface area contributed by atoms with E-state index >= 15 is 0 Å². The third kappa shape index (κ3) is 3.46. The smallest absolute Gasteiger partial charge is 0.324 e. The number of aliphatic carboxylic acids is 1. The van der Waals surface area contributed by atoms with E-state index in [-0.39, 0.29) is 4.90 Å². The van der Waals surface area contributed by atoms with Gasteiger partial charge in [-0.05, 0) is 36.2 Å². The van der Waals surface area contributed by atoms with Gasteiger partial charge in [0.2, 0.25) is 0 Å². The number of carboxylic acid groups (broad SMARTS) is 1. The fourth-order valence-corrected chi connectivity index (χ4v) is 3.49. The monoisotopic (exact) mass is 319 g/mol. The summed E-state index contributed by atoms with van der Waals surface area (Å²) in [5.74, 6) is -1.21. The molecule has 0 radical (unpaired) electrons. The number of carbonyl (C=O) groups is 1. The van der Waals surface area contributed by atoms with Gasteiger partial charge in [-0.15, -0.1) is 0 Å². The molecule has 22 heavy (non-hydrogen) atoms. The Morgan fingerprint density at radius 3 is 2.14 bits per heavy atom. The van der Waals surface area contributed by atoms with Crippen LogP contribution in [0.2, 0.25) is 0 Å². The molecule has 1 N–H and O–H groups in total. The number of sulfonamides is 1. The van der Waals surface area contributed by atoms with Gasteiger partial charge in [-0.3, -0.25) is 9.10 Å². The average Bonchev–Trinajstić information content (AvgIpc) is 2.53. The standard InChI is InChI=1S/C16H17NO4S/c1-2-13-8-10-14(11-9-13)17(12-16(18)19)22(20,21)15-6-4-3-5-7-15/h3-11H,2,12H2,1H3,(H,18,19). The normalized spacial score (nSPS) is 11.1. The second-order valence-corrected chi connectivity index (χ2v) is 6.60. The van der Waals surface area contributed by atoms with E-state index in [2.05, 4.69) is 0 Å². The van der Waals surface area contributed by atoms with E-state index in [0.717, 1.165) is 16.3 Å². The Balaban J connectivity index is 2.47. The molecule has 5 nitrogen and oxygen atoms in total. The Labute approximate surface area is 129 Å². The van der Waals surface area contributed by atoms with Gasteiger partial charge in [0, 0.05) is 0 Å². The molecular weight excluding hydrogens is 302 g/mol. The predicted octanol–water partition coefficient (Wildman–Crippen LogP) is 2.53. The summed E-state index contributed by atoms with van der Waals surface area (Å²) in [5.41, 5.74) is 1.39. The third-order valence-electron chi connectivity index (χ3n) is 3.24. The molecule has 0 unspecified atom stereocenters. The molecule has 0 heterocycles. The van der Waals surface area contributed by atoms with E-state index in [1.165, 1.54) is 12.1 Å². The molecule has 2 rings (SSSR count). The number of aryl methyl sites for hydroxylation is 1. The van der Waals surface area contributed by atoms with Crippen LogP contribution in [-0.4, -0.2) is 26.0 Å². The van der Waals surface area contributed by atoms with Gasteiger partial charge < -0.3 is 5.11 Å². The minimum atomic E-state index is -3.92. The van der Waals surface area contributed by atoms with E-state index in [1.807, 2.05) is 6.92 Å². The van der Waals surface area contributed by atoms with Crippen LogP contribution in [0.4, 0.5) is 5.69 Å². The summed E-state index contributed by atoms with van der Waals surface area (Å²) >= 11 is 0. The first kappa shape index (κ1) is 16.0. The van der Waals surface area contributed by atoms with Crippen LogP contribution in [-0.2, 0) is 21.2 Å². The van der Waals surface area contributed by atoms with Crippen molar-refractivity contribution < 1.29 is 18.3 Å². The summed E-state index contributed by atoms with van der Waals surface area (Å²) in [6.45, 7) is 1.37. The second kappa shape index (κ2) is 6.62. The summed E-state index contributed by atoms with van der Waals surface area (Å²) in [7, 11) is -3.92. The molecule has 0 aliphatic carbocycles. The minimum Gasteiger partial charge on any atom is -0.480 e. The van der Waals surface area contributed by atoms with Gasteiger partial charge in [-0.1, -0.05) is 37.3 Å². The lowest BCUT2D eigenvalue weighted by Gasteiger charge is -2.23. The number of hydrogen-bond donors (Lipinski definition) is 1. The van der Waals surface area contributed by atoms with Crippen LogP contribution >= 0.6 is 0 Å². The maximum absolute atomic E-state index is 12.7. The topological polar surface area (TPSA) is 74.7 Å². The van der Waals surface area contributed by atoms with Crippen LogP contribution in [0.15, 0.2) is 59.5 Å². The Morgan fingerprint density at radius 1 is 1.05 bits per heavy atom. The Bertz CT molecular complexity index is 739. The molecule has 0 atom stereocenters.